The highest BCUT2D eigenvalue weighted by molar-refractivity contribution is 7.20. The van der Waals surface area contributed by atoms with Gasteiger partial charge in [-0.3, -0.25) is 9.36 Å². The first kappa shape index (κ1) is 20.0. The minimum atomic E-state index is -0.459. The van der Waals surface area contributed by atoms with Crippen LogP contribution in [0.1, 0.15) is 21.7 Å². The van der Waals surface area contributed by atoms with E-state index in [-0.39, 0.29) is 12.2 Å². The third-order valence-electron chi connectivity index (χ3n) is 4.18. The molecule has 3 aromatic rings. The number of esters is 1. The van der Waals surface area contributed by atoms with Crippen molar-refractivity contribution in [1.82, 2.24) is 9.55 Å². The molecular weight excluding hydrogens is 380 g/mol. The molecule has 0 atom stereocenters. The summed E-state index contributed by atoms with van der Waals surface area (Å²) in [5.41, 5.74) is 0.448. The molecular formula is C20H22N2O5S. The van der Waals surface area contributed by atoms with Gasteiger partial charge in [-0.25, -0.2) is 9.78 Å². The number of aromatic nitrogens is 2. The van der Waals surface area contributed by atoms with Gasteiger partial charge in [-0.2, -0.15) is 0 Å². The Morgan fingerprint density at radius 1 is 1.18 bits per heavy atom. The van der Waals surface area contributed by atoms with Gasteiger partial charge >= 0.3 is 5.97 Å². The molecule has 0 aliphatic heterocycles. The minimum absolute atomic E-state index is 0.158. The summed E-state index contributed by atoms with van der Waals surface area (Å²) in [6.07, 6.45) is 2.18. The van der Waals surface area contributed by atoms with Gasteiger partial charge in [0.05, 0.1) is 24.9 Å². The molecule has 148 valence electrons. The molecule has 0 aliphatic carbocycles. The van der Waals surface area contributed by atoms with E-state index in [0.29, 0.717) is 46.8 Å². The third kappa shape index (κ3) is 4.58. The molecule has 0 unspecified atom stereocenters. The molecule has 28 heavy (non-hydrogen) atoms. The van der Waals surface area contributed by atoms with Crippen LogP contribution in [0.3, 0.4) is 0 Å². The molecule has 0 bridgehead atoms. The Hall–Kier alpha value is -2.71. The second-order valence-electron chi connectivity index (χ2n) is 6.12. The maximum Gasteiger partial charge on any atom is 0.348 e. The fourth-order valence-electron chi connectivity index (χ4n) is 2.74. The average molecular weight is 402 g/mol. The van der Waals surface area contributed by atoms with Gasteiger partial charge in [-0.15, -0.1) is 11.3 Å². The standard InChI is InChI=1S/C20H22N2O5S/c1-14-16-18(28-17(14)20(24)27-12-11-25-2)21-13-22(19(16)23)9-6-10-26-15-7-4-3-5-8-15/h3-5,7-8,13H,6,9-12H2,1-2H3. The first-order chi connectivity index (χ1) is 13.6. The molecule has 0 aliphatic rings. The number of aryl methyl sites for hydroxylation is 2. The number of carbonyl (C=O) groups is 1. The predicted octanol–water partition coefficient (Wildman–Crippen LogP) is 3.04. The van der Waals surface area contributed by atoms with Gasteiger partial charge in [0.15, 0.2) is 0 Å². The van der Waals surface area contributed by atoms with Crippen molar-refractivity contribution in [3.63, 3.8) is 0 Å². The van der Waals surface area contributed by atoms with E-state index < -0.39 is 5.97 Å². The number of methoxy groups -OCH3 is 1. The second-order valence-corrected chi connectivity index (χ2v) is 7.12. The monoisotopic (exact) mass is 402 g/mol. The fraction of sp³-hybridized carbons (Fsp3) is 0.350. The lowest BCUT2D eigenvalue weighted by Gasteiger charge is -2.07. The summed E-state index contributed by atoms with van der Waals surface area (Å²) in [6.45, 7) is 3.22. The van der Waals surface area contributed by atoms with Crippen molar-refractivity contribution in [2.75, 3.05) is 26.9 Å². The summed E-state index contributed by atoms with van der Waals surface area (Å²) in [7, 11) is 1.54. The number of thiophene rings is 1. The van der Waals surface area contributed by atoms with Gasteiger partial charge in [0.2, 0.25) is 0 Å². The van der Waals surface area contributed by atoms with Crippen LogP contribution >= 0.6 is 11.3 Å². The number of fused-ring (bicyclic) bond motifs is 1. The summed E-state index contributed by atoms with van der Waals surface area (Å²) < 4.78 is 17.2. The second kappa shape index (κ2) is 9.48. The molecule has 7 nitrogen and oxygen atoms in total. The van der Waals surface area contributed by atoms with Crippen molar-refractivity contribution in [3.05, 3.63) is 57.5 Å². The molecule has 3 rings (SSSR count). The van der Waals surface area contributed by atoms with Gasteiger partial charge in [-0.1, -0.05) is 18.2 Å². The van der Waals surface area contributed by atoms with Crippen LogP contribution in [0.25, 0.3) is 10.2 Å². The number of carbonyl (C=O) groups excluding carboxylic acids is 1. The van der Waals surface area contributed by atoms with Crippen LogP contribution < -0.4 is 10.3 Å². The fourth-order valence-corrected chi connectivity index (χ4v) is 3.77. The molecule has 1 aromatic carbocycles. The number of hydrogen-bond acceptors (Lipinski definition) is 7. The third-order valence-corrected chi connectivity index (χ3v) is 5.36. The van der Waals surface area contributed by atoms with E-state index in [2.05, 4.69) is 4.98 Å². The highest BCUT2D eigenvalue weighted by atomic mass is 32.1. The van der Waals surface area contributed by atoms with Crippen molar-refractivity contribution >= 4 is 27.5 Å². The Balaban J connectivity index is 1.69. The summed E-state index contributed by atoms with van der Waals surface area (Å²) in [4.78, 5) is 30.3. The maximum atomic E-state index is 12.8. The van der Waals surface area contributed by atoms with Gasteiger partial charge in [-0.05, 0) is 31.0 Å². The van der Waals surface area contributed by atoms with Crippen LogP contribution in [-0.2, 0) is 16.0 Å². The Morgan fingerprint density at radius 3 is 2.71 bits per heavy atom. The number of hydrogen-bond donors (Lipinski definition) is 0. The van der Waals surface area contributed by atoms with Crippen LogP contribution in [0.5, 0.6) is 5.75 Å². The van der Waals surface area contributed by atoms with E-state index in [1.54, 1.807) is 11.5 Å². The van der Waals surface area contributed by atoms with Crippen LogP contribution in [0.2, 0.25) is 0 Å². The van der Waals surface area contributed by atoms with Crippen LogP contribution in [0, 0.1) is 6.92 Å². The zero-order valence-corrected chi connectivity index (χ0v) is 16.7. The van der Waals surface area contributed by atoms with E-state index in [4.69, 9.17) is 14.2 Å². The van der Waals surface area contributed by atoms with Crippen molar-refractivity contribution in [2.45, 2.75) is 19.9 Å². The van der Waals surface area contributed by atoms with E-state index in [0.717, 1.165) is 5.75 Å². The van der Waals surface area contributed by atoms with Gasteiger partial charge in [0, 0.05) is 13.7 Å². The molecule has 2 heterocycles. The topological polar surface area (TPSA) is 79.7 Å². The number of nitrogens with zero attached hydrogens (tertiary/aromatic N) is 2. The molecule has 0 saturated carbocycles. The van der Waals surface area contributed by atoms with Crippen LogP contribution in [-0.4, -0.2) is 42.5 Å². The molecule has 0 radical (unpaired) electrons. The molecule has 0 N–H and O–H groups in total. The van der Waals surface area contributed by atoms with E-state index in [1.807, 2.05) is 30.3 Å². The molecule has 0 amide bonds. The molecule has 0 spiro atoms. The van der Waals surface area contributed by atoms with E-state index in [1.165, 1.54) is 24.8 Å². The van der Waals surface area contributed by atoms with Crippen molar-refractivity contribution in [1.29, 1.82) is 0 Å². The lowest BCUT2D eigenvalue weighted by molar-refractivity contribution is 0.0393. The Kier molecular flexibility index (Phi) is 6.78. The lowest BCUT2D eigenvalue weighted by atomic mass is 10.2. The SMILES string of the molecule is COCCOC(=O)c1sc2ncn(CCCOc3ccccc3)c(=O)c2c1C. The molecule has 0 saturated heterocycles. The number of ether oxygens (including phenoxy) is 3. The van der Waals surface area contributed by atoms with Crippen LogP contribution in [0.4, 0.5) is 0 Å². The first-order valence-corrected chi connectivity index (χ1v) is 9.76. The lowest BCUT2D eigenvalue weighted by Crippen LogP contribution is -2.21. The predicted molar refractivity (Wildman–Crippen MR) is 107 cm³/mol. The number of para-hydroxylation sites is 1. The van der Waals surface area contributed by atoms with Crippen LogP contribution in [0.15, 0.2) is 41.5 Å². The Bertz CT molecular complexity index is 997. The van der Waals surface area contributed by atoms with Gasteiger partial charge in [0.25, 0.3) is 5.56 Å². The maximum absolute atomic E-state index is 12.8. The van der Waals surface area contributed by atoms with Crippen molar-refractivity contribution in [3.8, 4) is 5.75 Å². The smallest absolute Gasteiger partial charge is 0.348 e. The minimum Gasteiger partial charge on any atom is -0.494 e. The molecule has 0 fully saturated rings. The summed E-state index contributed by atoms with van der Waals surface area (Å²) in [5.74, 6) is 0.341. The quantitative estimate of drug-likeness (QED) is 0.404. The van der Waals surface area contributed by atoms with Crippen molar-refractivity contribution in [2.24, 2.45) is 0 Å². The Labute approximate surface area is 166 Å². The van der Waals surface area contributed by atoms with E-state index >= 15 is 0 Å². The normalized spacial score (nSPS) is 10.9. The van der Waals surface area contributed by atoms with Crippen molar-refractivity contribution < 1.29 is 19.0 Å². The highest BCUT2D eigenvalue weighted by Gasteiger charge is 2.20. The molecule has 8 heteroatoms. The molecule has 2 aromatic heterocycles. The zero-order valence-electron chi connectivity index (χ0n) is 15.8. The summed E-state index contributed by atoms with van der Waals surface area (Å²) >= 11 is 1.17. The number of rotatable bonds is 9. The average Bonchev–Trinajstić information content (AvgIpc) is 3.05. The van der Waals surface area contributed by atoms with E-state index in [9.17, 15) is 9.59 Å². The highest BCUT2D eigenvalue weighted by Crippen LogP contribution is 2.27. The summed E-state index contributed by atoms with van der Waals surface area (Å²) in [5, 5.41) is 0.468. The van der Waals surface area contributed by atoms with Gasteiger partial charge in [0.1, 0.15) is 22.1 Å². The van der Waals surface area contributed by atoms with Gasteiger partial charge < -0.3 is 14.2 Å². The zero-order chi connectivity index (χ0) is 19.9. The number of benzene rings is 1. The largest absolute Gasteiger partial charge is 0.494 e. The summed E-state index contributed by atoms with van der Waals surface area (Å²) in [6, 6.07) is 9.53. The Morgan fingerprint density at radius 2 is 1.96 bits per heavy atom. The first-order valence-electron chi connectivity index (χ1n) is 8.94.